The summed E-state index contributed by atoms with van der Waals surface area (Å²) >= 11 is 0. The van der Waals surface area contributed by atoms with E-state index in [0.29, 0.717) is 0 Å². The largest absolute Gasteiger partial charge is 0.233 e. The van der Waals surface area contributed by atoms with Crippen LogP contribution < -0.4 is 0 Å². The molecule has 0 spiro atoms. The van der Waals surface area contributed by atoms with Crippen LogP contribution in [0.5, 0.6) is 0 Å². The van der Waals surface area contributed by atoms with Crippen LogP contribution in [0.2, 0.25) is 0 Å². The molecule has 0 radical (unpaired) electrons. The number of hydrogen-bond donors (Lipinski definition) is 0. The monoisotopic (exact) mass is 352 g/mol. The summed E-state index contributed by atoms with van der Waals surface area (Å²) in [5.41, 5.74) is -6.79. The molecule has 0 saturated carbocycles. The molecule has 0 atom stereocenters. The molecule has 0 aliphatic heterocycles. The van der Waals surface area contributed by atoms with E-state index >= 15 is 0 Å². The molecule has 0 fully saturated rings. The molecule has 0 saturated heterocycles. The number of benzene rings is 2. The van der Waals surface area contributed by atoms with Crippen molar-refractivity contribution >= 4 is 16.6 Å². The van der Waals surface area contributed by atoms with E-state index in [0.717, 1.165) is 24.3 Å². The normalized spacial score (nSPS) is 16.8. The predicted octanol–water partition coefficient (Wildman–Crippen LogP) is 4.06. The second-order valence-corrected chi connectivity index (χ2v) is 5.59. The van der Waals surface area contributed by atoms with Gasteiger partial charge in [-0.15, -0.1) is 0 Å². The Bertz CT molecular complexity index is 1160. The highest BCUT2D eigenvalue weighted by molar-refractivity contribution is 5.90. The van der Waals surface area contributed by atoms with Gasteiger partial charge in [-0.3, -0.25) is 0 Å². The number of hydrogen-bond acceptors (Lipinski definition) is 4. The molecular formula is C18H4F4N4. The average Bonchev–Trinajstić information content (AvgIpc) is 2.65. The smallest absolute Gasteiger partial charge is 0.205 e. The van der Waals surface area contributed by atoms with Crippen molar-refractivity contribution in [3.63, 3.8) is 0 Å². The van der Waals surface area contributed by atoms with Gasteiger partial charge in [0.05, 0.1) is 24.3 Å². The maximum atomic E-state index is 14.6. The third kappa shape index (κ3) is 1.73. The van der Waals surface area contributed by atoms with Crippen molar-refractivity contribution in [2.75, 3.05) is 0 Å². The third-order valence-corrected chi connectivity index (χ3v) is 4.41. The zero-order chi connectivity index (χ0) is 19.3. The predicted molar refractivity (Wildman–Crippen MR) is 79.6 cm³/mol. The molecule has 3 rings (SSSR count). The van der Waals surface area contributed by atoms with E-state index in [4.69, 9.17) is 0 Å². The van der Waals surface area contributed by atoms with Crippen molar-refractivity contribution < 1.29 is 17.6 Å². The summed E-state index contributed by atoms with van der Waals surface area (Å²) in [4.78, 5) is 0. The number of allylic oxidation sites excluding steroid dienone is 1. The summed E-state index contributed by atoms with van der Waals surface area (Å²) in [7, 11) is 0. The zero-order valence-electron chi connectivity index (χ0n) is 12.6. The van der Waals surface area contributed by atoms with Crippen LogP contribution in [0.25, 0.3) is 16.6 Å². The maximum absolute atomic E-state index is 14.6. The standard InChI is InChI=1S/C18H4F4N4/c19-13-3-9-1-11-12(2-10(9)4-14(13)20)17(5-23,6-24)18(7-25,8-26)16(22)15(11)21/h1-4H. The van der Waals surface area contributed by atoms with Gasteiger partial charge in [-0.1, -0.05) is 0 Å². The van der Waals surface area contributed by atoms with E-state index in [1.807, 2.05) is 0 Å². The Balaban J connectivity index is 2.58. The van der Waals surface area contributed by atoms with E-state index in [1.165, 1.54) is 24.3 Å². The van der Waals surface area contributed by atoms with Crippen molar-refractivity contribution in [1.82, 2.24) is 0 Å². The van der Waals surface area contributed by atoms with Crippen molar-refractivity contribution in [3.8, 4) is 24.3 Å². The van der Waals surface area contributed by atoms with Crippen LogP contribution in [0, 0.1) is 62.4 Å². The molecular weight excluding hydrogens is 348 g/mol. The highest BCUT2D eigenvalue weighted by Crippen LogP contribution is 2.55. The highest BCUT2D eigenvalue weighted by atomic mass is 19.2. The fourth-order valence-electron chi connectivity index (χ4n) is 3.04. The second kappa shape index (κ2) is 5.31. The number of halogens is 4. The van der Waals surface area contributed by atoms with Gasteiger partial charge in [-0.05, 0) is 35.0 Å². The van der Waals surface area contributed by atoms with Gasteiger partial charge in [0, 0.05) is 11.1 Å². The van der Waals surface area contributed by atoms with Crippen LogP contribution in [-0.2, 0) is 5.41 Å². The fraction of sp³-hybridized carbons (Fsp3) is 0.111. The van der Waals surface area contributed by atoms with Crippen LogP contribution >= 0.6 is 0 Å². The van der Waals surface area contributed by atoms with Gasteiger partial charge in [-0.2, -0.15) is 21.0 Å². The molecule has 1 aliphatic carbocycles. The lowest BCUT2D eigenvalue weighted by Gasteiger charge is -2.35. The highest BCUT2D eigenvalue weighted by Gasteiger charge is 2.64. The Morgan fingerprint density at radius 1 is 0.654 bits per heavy atom. The van der Waals surface area contributed by atoms with Crippen LogP contribution in [0.4, 0.5) is 17.6 Å². The number of nitrogens with zero attached hydrogens (tertiary/aromatic N) is 4. The summed E-state index contributed by atoms with van der Waals surface area (Å²) in [5.74, 6) is -5.95. The van der Waals surface area contributed by atoms with Gasteiger partial charge < -0.3 is 0 Å². The Morgan fingerprint density at radius 3 is 1.58 bits per heavy atom. The molecule has 0 N–H and O–H groups in total. The molecule has 8 heteroatoms. The molecule has 0 bridgehead atoms. The van der Waals surface area contributed by atoms with Crippen molar-refractivity contribution in [2.45, 2.75) is 5.41 Å². The molecule has 0 amide bonds. The number of rotatable bonds is 0. The summed E-state index contributed by atoms with van der Waals surface area (Å²) in [6, 6.07) is 8.77. The first-order chi connectivity index (χ1) is 12.3. The Labute approximate surface area is 144 Å². The van der Waals surface area contributed by atoms with Crippen LogP contribution in [-0.4, -0.2) is 0 Å². The lowest BCUT2D eigenvalue weighted by Crippen LogP contribution is -2.45. The zero-order valence-corrected chi connectivity index (χ0v) is 12.6. The van der Waals surface area contributed by atoms with Crippen molar-refractivity contribution in [3.05, 3.63) is 52.9 Å². The summed E-state index contributed by atoms with van der Waals surface area (Å²) < 4.78 is 56.1. The lowest BCUT2D eigenvalue weighted by atomic mass is 9.58. The summed E-state index contributed by atoms with van der Waals surface area (Å²) in [6.07, 6.45) is 0. The second-order valence-electron chi connectivity index (χ2n) is 5.59. The van der Waals surface area contributed by atoms with Crippen molar-refractivity contribution in [2.24, 2.45) is 5.41 Å². The van der Waals surface area contributed by atoms with E-state index in [-0.39, 0.29) is 10.8 Å². The molecule has 0 aromatic heterocycles. The van der Waals surface area contributed by atoms with Crippen LogP contribution in [0.3, 0.4) is 0 Å². The SMILES string of the molecule is N#CC1(C#N)C(F)=C(F)c2cc3cc(F)c(F)cc3cc2C1(C#N)C#N. The first kappa shape index (κ1) is 17.0. The van der Waals surface area contributed by atoms with E-state index in [1.54, 1.807) is 0 Å². The van der Waals surface area contributed by atoms with E-state index < -0.39 is 45.2 Å². The Hall–Kier alpha value is -3.88. The first-order valence-corrected chi connectivity index (χ1v) is 6.96. The van der Waals surface area contributed by atoms with Crippen molar-refractivity contribution in [1.29, 1.82) is 21.0 Å². The molecule has 0 heterocycles. The van der Waals surface area contributed by atoms with Crippen LogP contribution in [0.15, 0.2) is 30.1 Å². The van der Waals surface area contributed by atoms with Gasteiger partial charge in [0.2, 0.25) is 10.8 Å². The van der Waals surface area contributed by atoms with Gasteiger partial charge in [0.25, 0.3) is 0 Å². The molecule has 2 aromatic carbocycles. The molecule has 2 aromatic rings. The Morgan fingerprint density at radius 2 is 1.12 bits per heavy atom. The summed E-state index contributed by atoms with van der Waals surface area (Å²) in [5, 5.41) is 37.7. The average molecular weight is 352 g/mol. The Kier molecular flexibility index (Phi) is 3.46. The van der Waals surface area contributed by atoms with E-state index in [2.05, 4.69) is 0 Å². The van der Waals surface area contributed by atoms with Crippen LogP contribution in [0.1, 0.15) is 11.1 Å². The van der Waals surface area contributed by atoms with Gasteiger partial charge >= 0.3 is 0 Å². The van der Waals surface area contributed by atoms with Gasteiger partial charge in [0.15, 0.2) is 23.3 Å². The third-order valence-electron chi connectivity index (χ3n) is 4.41. The molecule has 1 aliphatic rings. The topological polar surface area (TPSA) is 95.2 Å². The first-order valence-electron chi connectivity index (χ1n) is 6.96. The minimum absolute atomic E-state index is 0.0163. The molecule has 124 valence electrons. The molecule has 26 heavy (non-hydrogen) atoms. The van der Waals surface area contributed by atoms with Gasteiger partial charge in [-0.25, -0.2) is 17.6 Å². The van der Waals surface area contributed by atoms with Gasteiger partial charge in [0.1, 0.15) is 0 Å². The number of fused-ring (bicyclic) bond motifs is 2. The molecule has 0 unspecified atom stereocenters. The minimum Gasteiger partial charge on any atom is -0.205 e. The fourth-order valence-corrected chi connectivity index (χ4v) is 3.04. The minimum atomic E-state index is -3.04. The quantitative estimate of drug-likeness (QED) is 0.668. The van der Waals surface area contributed by atoms with E-state index in [9.17, 15) is 38.6 Å². The maximum Gasteiger partial charge on any atom is 0.233 e. The molecule has 4 nitrogen and oxygen atoms in total. The summed E-state index contributed by atoms with van der Waals surface area (Å²) in [6.45, 7) is 0. The lowest BCUT2D eigenvalue weighted by molar-refractivity contribution is 0.358. The number of nitriles is 4.